The van der Waals surface area contributed by atoms with Crippen molar-refractivity contribution in [1.29, 1.82) is 0 Å². The van der Waals surface area contributed by atoms with E-state index in [1.54, 1.807) is 0 Å². The molecule has 0 amide bonds. The second-order valence-corrected chi connectivity index (χ2v) is 26.2. The van der Waals surface area contributed by atoms with Gasteiger partial charge in [-0.1, -0.05) is 215 Å². The van der Waals surface area contributed by atoms with Crippen molar-refractivity contribution in [2.75, 3.05) is 9.80 Å². The largest absolute Gasteiger partial charge is 0.309 e. The number of benzene rings is 11. The second-order valence-electron chi connectivity index (χ2n) is 26.2. The van der Waals surface area contributed by atoms with Crippen molar-refractivity contribution in [2.45, 2.75) is 91.9 Å². The number of anilines is 6. The minimum absolute atomic E-state index is 0.0498. The zero-order valence-corrected chi connectivity index (χ0v) is 49.9. The van der Waals surface area contributed by atoms with E-state index in [0.717, 1.165) is 34.1 Å². The molecule has 4 heterocycles. The number of rotatable bonds is 10. The molecule has 0 saturated heterocycles. The Bertz CT molecular complexity index is 4690. The van der Waals surface area contributed by atoms with Gasteiger partial charge in [-0.3, -0.25) is 0 Å². The molecule has 0 saturated carbocycles. The predicted molar refractivity (Wildman–Crippen MR) is 362 cm³/mol. The van der Waals surface area contributed by atoms with Crippen LogP contribution in [0.1, 0.15) is 103 Å². The summed E-state index contributed by atoms with van der Waals surface area (Å²) in [6.07, 6.45) is 0. The standard InChI is InChI=1S/C80H70N4/c1-49(2)53-33-41-69(63(45-53)51-29-35-55(36-30-51)79(5,6)7)81(57-21-13-11-14-22-57)71-43-39-59-65-47-74-66(48-73(65)83-67-27-19-17-25-61(67)75(71)77(59)83)60-40-44-72(76-62-26-18-20-28-68(62)84(74)78(60)76)82(58-23-15-12-16-24-58)70-42-34-54(50(3)4)46-64(70)52-31-37-56(38-32-52)80(8,9)10/h11-50H,1-10H3. The van der Waals surface area contributed by atoms with Crippen LogP contribution in [0.5, 0.6) is 0 Å². The normalized spacial score (nSPS) is 12.6. The Morgan fingerprint density at radius 1 is 0.310 bits per heavy atom. The Balaban J connectivity index is 0.977. The van der Waals surface area contributed by atoms with Crippen molar-refractivity contribution in [1.82, 2.24) is 8.80 Å². The number of nitrogens with zero attached hydrogens (tertiary/aromatic N) is 4. The molecule has 84 heavy (non-hydrogen) atoms. The average molecular weight is 1090 g/mol. The summed E-state index contributed by atoms with van der Waals surface area (Å²) in [5, 5.41) is 9.95. The Labute approximate surface area is 493 Å². The van der Waals surface area contributed by atoms with Gasteiger partial charge < -0.3 is 18.6 Å². The second kappa shape index (κ2) is 19.1. The summed E-state index contributed by atoms with van der Waals surface area (Å²) in [7, 11) is 0. The van der Waals surface area contributed by atoms with Gasteiger partial charge >= 0.3 is 0 Å². The van der Waals surface area contributed by atoms with E-state index in [4.69, 9.17) is 0 Å². The Morgan fingerprint density at radius 2 is 0.667 bits per heavy atom. The number of hydrogen-bond acceptors (Lipinski definition) is 2. The first-order chi connectivity index (χ1) is 40.6. The molecule has 0 spiro atoms. The van der Waals surface area contributed by atoms with E-state index in [2.05, 4.69) is 318 Å². The number of para-hydroxylation sites is 4. The van der Waals surface area contributed by atoms with E-state index in [1.807, 2.05) is 0 Å². The molecular formula is C80H70N4. The van der Waals surface area contributed by atoms with Crippen LogP contribution < -0.4 is 9.80 Å². The fourth-order valence-electron chi connectivity index (χ4n) is 13.8. The third kappa shape index (κ3) is 7.94. The average Bonchev–Trinajstić information content (AvgIpc) is 2.11. The van der Waals surface area contributed by atoms with Crippen LogP contribution in [0.15, 0.2) is 231 Å². The van der Waals surface area contributed by atoms with Crippen LogP contribution in [0.4, 0.5) is 34.1 Å². The number of hydrogen-bond donors (Lipinski definition) is 0. The molecule has 15 aromatic rings. The lowest BCUT2D eigenvalue weighted by atomic mass is 9.85. The summed E-state index contributed by atoms with van der Waals surface area (Å²) in [6.45, 7) is 22.9. The van der Waals surface area contributed by atoms with Gasteiger partial charge in [-0.25, -0.2) is 0 Å². The van der Waals surface area contributed by atoms with Gasteiger partial charge in [-0.2, -0.15) is 0 Å². The highest BCUT2D eigenvalue weighted by Crippen LogP contribution is 2.53. The molecule has 0 aliphatic rings. The molecule has 0 atom stereocenters. The Morgan fingerprint density at radius 3 is 1.04 bits per heavy atom. The van der Waals surface area contributed by atoms with E-state index in [1.165, 1.54) is 121 Å². The fourth-order valence-corrected chi connectivity index (χ4v) is 13.8. The lowest BCUT2D eigenvalue weighted by Gasteiger charge is -2.29. The van der Waals surface area contributed by atoms with Crippen molar-refractivity contribution in [3.8, 4) is 22.3 Å². The minimum Gasteiger partial charge on any atom is -0.309 e. The van der Waals surface area contributed by atoms with Crippen molar-refractivity contribution < 1.29 is 0 Å². The predicted octanol–water partition coefficient (Wildman–Crippen LogP) is 23.1. The highest BCUT2D eigenvalue weighted by molar-refractivity contribution is 6.32. The lowest BCUT2D eigenvalue weighted by molar-refractivity contribution is 0.590. The number of fused-ring (bicyclic) bond motifs is 12. The zero-order chi connectivity index (χ0) is 57.5. The van der Waals surface area contributed by atoms with E-state index in [-0.39, 0.29) is 10.8 Å². The summed E-state index contributed by atoms with van der Waals surface area (Å²) >= 11 is 0. The molecule has 0 fully saturated rings. The molecule has 0 aliphatic carbocycles. The van der Waals surface area contributed by atoms with Gasteiger partial charge in [0.25, 0.3) is 0 Å². The quantitative estimate of drug-likeness (QED) is 0.136. The molecule has 0 aliphatic heterocycles. The first-order valence-electron chi connectivity index (χ1n) is 30.1. The van der Waals surface area contributed by atoms with Crippen molar-refractivity contribution in [2.24, 2.45) is 0 Å². The maximum Gasteiger partial charge on any atom is 0.0641 e. The molecule has 11 aromatic carbocycles. The lowest BCUT2D eigenvalue weighted by Crippen LogP contribution is -2.12. The molecular weight excluding hydrogens is 1020 g/mol. The van der Waals surface area contributed by atoms with Crippen LogP contribution in [-0.4, -0.2) is 8.80 Å². The van der Waals surface area contributed by atoms with E-state index in [9.17, 15) is 0 Å². The van der Waals surface area contributed by atoms with Gasteiger partial charge in [0, 0.05) is 65.6 Å². The minimum atomic E-state index is 0.0498. The van der Waals surface area contributed by atoms with E-state index in [0.29, 0.717) is 11.8 Å². The SMILES string of the molecule is CC(C)c1ccc(N(c2ccccc2)c2ccc3c4cc5c(cc4n4c6ccccc6c2c34)c2ccc(N(c3ccccc3)c3ccc(C(C)C)cc3-c3ccc(C(C)(C)C)cc3)c3c4ccccc4n5c23)c(-c2ccc(C(C)(C)C)cc2)c1. The monoisotopic (exact) mass is 1090 g/mol. The molecule has 0 radical (unpaired) electrons. The summed E-state index contributed by atoms with van der Waals surface area (Å²) < 4.78 is 5.14. The van der Waals surface area contributed by atoms with E-state index >= 15 is 0 Å². The van der Waals surface area contributed by atoms with Gasteiger partial charge in [-0.05, 0) is 141 Å². The molecule has 0 bridgehead atoms. The highest BCUT2D eigenvalue weighted by atomic mass is 15.2. The maximum absolute atomic E-state index is 2.57. The van der Waals surface area contributed by atoms with Crippen LogP contribution in [-0.2, 0) is 10.8 Å². The molecule has 410 valence electrons. The van der Waals surface area contributed by atoms with Crippen molar-refractivity contribution in [3.05, 3.63) is 253 Å². The van der Waals surface area contributed by atoms with Crippen LogP contribution in [0.25, 0.3) is 98.4 Å². The third-order valence-electron chi connectivity index (χ3n) is 18.3. The Kier molecular flexibility index (Phi) is 11.7. The highest BCUT2D eigenvalue weighted by Gasteiger charge is 2.30. The van der Waals surface area contributed by atoms with Gasteiger partial charge in [0.15, 0.2) is 0 Å². The van der Waals surface area contributed by atoms with E-state index < -0.39 is 0 Å². The summed E-state index contributed by atoms with van der Waals surface area (Å²) in [4.78, 5) is 5.05. The smallest absolute Gasteiger partial charge is 0.0641 e. The van der Waals surface area contributed by atoms with Gasteiger partial charge in [0.2, 0.25) is 0 Å². The van der Waals surface area contributed by atoms with Crippen molar-refractivity contribution >= 4 is 110 Å². The maximum atomic E-state index is 2.57. The molecule has 4 nitrogen and oxygen atoms in total. The zero-order valence-electron chi connectivity index (χ0n) is 49.9. The van der Waals surface area contributed by atoms with Gasteiger partial charge in [0.1, 0.15) is 0 Å². The first kappa shape index (κ1) is 51.5. The fraction of sp³-hybridized carbons (Fsp3) is 0.175. The van der Waals surface area contributed by atoms with Crippen LogP contribution >= 0.6 is 0 Å². The van der Waals surface area contributed by atoms with Crippen LogP contribution in [0.3, 0.4) is 0 Å². The summed E-state index contributed by atoms with van der Waals surface area (Å²) in [6, 6.07) is 87.6. The first-order valence-corrected chi connectivity index (χ1v) is 30.1. The third-order valence-corrected chi connectivity index (χ3v) is 18.3. The summed E-state index contributed by atoms with van der Waals surface area (Å²) in [5.41, 5.74) is 24.4. The van der Waals surface area contributed by atoms with Gasteiger partial charge in [-0.15, -0.1) is 0 Å². The molecule has 0 unspecified atom stereocenters. The summed E-state index contributed by atoms with van der Waals surface area (Å²) in [5.74, 6) is 0.744. The van der Waals surface area contributed by atoms with Crippen LogP contribution in [0.2, 0.25) is 0 Å². The molecule has 0 N–H and O–H groups in total. The Hall–Kier alpha value is -9.38. The van der Waals surface area contributed by atoms with Gasteiger partial charge in [0.05, 0.1) is 55.8 Å². The topological polar surface area (TPSA) is 15.3 Å². The molecule has 4 aromatic heterocycles. The van der Waals surface area contributed by atoms with Crippen molar-refractivity contribution in [3.63, 3.8) is 0 Å². The van der Waals surface area contributed by atoms with Crippen LogP contribution in [0, 0.1) is 0 Å². The number of aromatic nitrogens is 2. The molecule has 4 heteroatoms. The molecule has 15 rings (SSSR count).